The van der Waals surface area contributed by atoms with Gasteiger partial charge < -0.3 is 20.8 Å². The number of hydrogen-bond acceptors (Lipinski definition) is 6. The highest BCUT2D eigenvalue weighted by Gasteiger charge is 2.33. The van der Waals surface area contributed by atoms with Crippen LogP contribution in [0.3, 0.4) is 0 Å². The van der Waals surface area contributed by atoms with Crippen molar-refractivity contribution in [3.8, 4) is 0 Å². The molecule has 0 saturated heterocycles. The Morgan fingerprint density at radius 1 is 0.857 bits per heavy atom. The Morgan fingerprint density at radius 2 is 1.43 bits per heavy atom. The van der Waals surface area contributed by atoms with Crippen LogP contribution in [0.5, 0.6) is 0 Å². The fraction of sp³-hybridized carbons (Fsp3) is 0.160. The topological polar surface area (TPSA) is 159 Å². The molecule has 0 aliphatic carbocycles. The van der Waals surface area contributed by atoms with Gasteiger partial charge in [0.2, 0.25) is 0 Å². The molecule has 4 N–H and O–H groups in total. The van der Waals surface area contributed by atoms with Crippen molar-refractivity contribution in [3.63, 3.8) is 0 Å². The minimum absolute atomic E-state index is 0.108. The van der Waals surface area contributed by atoms with Gasteiger partial charge in [-0.1, -0.05) is 66.7 Å². The number of carboxylic acid groups (broad SMARTS) is 1. The van der Waals surface area contributed by atoms with Crippen molar-refractivity contribution in [2.45, 2.75) is 24.6 Å². The molecular formula is C25H23N3O7. The van der Waals surface area contributed by atoms with Gasteiger partial charge in [0, 0.05) is 23.6 Å². The molecule has 0 fully saturated rings. The molecule has 0 heterocycles. The summed E-state index contributed by atoms with van der Waals surface area (Å²) in [4.78, 5) is 48.0. The molecule has 0 aliphatic heterocycles. The van der Waals surface area contributed by atoms with E-state index in [-0.39, 0.29) is 17.7 Å². The van der Waals surface area contributed by atoms with Crippen molar-refractivity contribution in [1.29, 1.82) is 0 Å². The van der Waals surface area contributed by atoms with E-state index in [1.165, 1.54) is 24.3 Å². The highest BCUT2D eigenvalue weighted by atomic mass is 16.6. The Hall–Kier alpha value is -4.57. The summed E-state index contributed by atoms with van der Waals surface area (Å²) in [5.41, 5.74) is 0.549. The fourth-order valence-corrected chi connectivity index (χ4v) is 3.51. The number of nitro groups is 1. The van der Waals surface area contributed by atoms with E-state index in [2.05, 4.69) is 10.6 Å². The average molecular weight is 477 g/mol. The van der Waals surface area contributed by atoms with Gasteiger partial charge in [0.05, 0.1) is 11.0 Å². The maximum atomic E-state index is 12.9. The lowest BCUT2D eigenvalue weighted by Gasteiger charge is -2.25. The van der Waals surface area contributed by atoms with Gasteiger partial charge in [0.1, 0.15) is 6.04 Å². The Labute approximate surface area is 200 Å². The maximum Gasteiger partial charge on any atom is 0.326 e. The summed E-state index contributed by atoms with van der Waals surface area (Å²) >= 11 is 0. The second-order valence-electron chi connectivity index (χ2n) is 7.66. The van der Waals surface area contributed by atoms with E-state index in [9.17, 15) is 34.7 Å². The minimum atomic E-state index is -1.85. The summed E-state index contributed by atoms with van der Waals surface area (Å²) in [6.45, 7) is 0. The number of hydrogen-bond donors (Lipinski definition) is 4. The van der Waals surface area contributed by atoms with Crippen LogP contribution in [0.4, 0.5) is 5.69 Å². The van der Waals surface area contributed by atoms with E-state index in [1.54, 1.807) is 60.7 Å². The highest BCUT2D eigenvalue weighted by molar-refractivity contribution is 5.95. The van der Waals surface area contributed by atoms with Crippen molar-refractivity contribution in [2.75, 3.05) is 0 Å². The number of para-hydroxylation sites is 1. The molecular weight excluding hydrogens is 454 g/mol. The number of aliphatic hydroxyl groups is 1. The number of nitrogens with one attached hydrogen (secondary N) is 2. The van der Waals surface area contributed by atoms with E-state index in [0.29, 0.717) is 11.1 Å². The van der Waals surface area contributed by atoms with Crippen LogP contribution in [-0.4, -0.2) is 45.1 Å². The van der Waals surface area contributed by atoms with Gasteiger partial charge in [0.25, 0.3) is 17.5 Å². The fourth-order valence-electron chi connectivity index (χ4n) is 3.51. The largest absolute Gasteiger partial charge is 0.480 e. The maximum absolute atomic E-state index is 12.9. The number of amides is 2. The van der Waals surface area contributed by atoms with E-state index >= 15 is 0 Å². The zero-order valence-corrected chi connectivity index (χ0v) is 18.4. The molecule has 0 spiro atoms. The molecule has 10 heteroatoms. The van der Waals surface area contributed by atoms with Gasteiger partial charge in [-0.3, -0.25) is 19.7 Å². The summed E-state index contributed by atoms with van der Waals surface area (Å²) in [7, 11) is 0. The molecule has 0 bridgehead atoms. The first kappa shape index (κ1) is 25.1. The summed E-state index contributed by atoms with van der Waals surface area (Å²) < 4.78 is 0. The third kappa shape index (κ3) is 6.49. The number of carbonyl (C=O) groups excluding carboxylic acids is 2. The Morgan fingerprint density at radius 3 is 2.03 bits per heavy atom. The van der Waals surface area contributed by atoms with Crippen LogP contribution in [0.25, 0.3) is 0 Å². The number of rotatable bonds is 10. The normalized spacial score (nSPS) is 13.2. The summed E-state index contributed by atoms with van der Waals surface area (Å²) in [5, 5.41) is 36.6. The van der Waals surface area contributed by atoms with Gasteiger partial charge >= 0.3 is 5.97 Å². The van der Waals surface area contributed by atoms with Crippen LogP contribution in [0.15, 0.2) is 84.9 Å². The van der Waals surface area contributed by atoms with Crippen LogP contribution in [0.1, 0.15) is 27.5 Å². The smallest absolute Gasteiger partial charge is 0.326 e. The molecule has 10 nitrogen and oxygen atoms in total. The Bertz CT molecular complexity index is 1200. The van der Waals surface area contributed by atoms with Crippen molar-refractivity contribution >= 4 is 23.5 Å². The molecule has 0 aliphatic rings. The van der Waals surface area contributed by atoms with Crippen LogP contribution >= 0.6 is 0 Å². The molecule has 0 unspecified atom stereocenters. The minimum Gasteiger partial charge on any atom is -0.480 e. The summed E-state index contributed by atoms with van der Waals surface area (Å²) in [6, 6.07) is 19.3. The number of nitrogens with zero attached hydrogens (tertiary/aromatic N) is 1. The van der Waals surface area contributed by atoms with E-state index in [4.69, 9.17) is 0 Å². The van der Waals surface area contributed by atoms with E-state index in [0.717, 1.165) is 0 Å². The molecule has 3 atom stereocenters. The predicted octanol–water partition coefficient (Wildman–Crippen LogP) is 2.24. The summed E-state index contributed by atoms with van der Waals surface area (Å²) in [5.74, 6) is -3.03. The van der Waals surface area contributed by atoms with Gasteiger partial charge in [-0.15, -0.1) is 0 Å². The lowest BCUT2D eigenvalue weighted by Crippen LogP contribution is -2.50. The standard InChI is InChI=1S/C25H23N3O7/c29-22(21(16-9-3-1-4-10-16)27-23(30)17-11-5-2-6-12-17)24(31)26-19(25(32)33)15-18-13-7-8-14-20(18)28(34)35/h1-14,19,21-22,29H,15H2,(H,26,31)(H,27,30)(H,32,33)/t19-,21+,22-/m1/s1. The van der Waals surface area contributed by atoms with E-state index < -0.39 is 40.9 Å². The number of carboxylic acids is 1. The number of aliphatic hydroxyl groups excluding tert-OH is 1. The zero-order chi connectivity index (χ0) is 25.4. The first-order chi connectivity index (χ1) is 16.8. The van der Waals surface area contributed by atoms with E-state index in [1.807, 2.05) is 0 Å². The van der Waals surface area contributed by atoms with Gasteiger partial charge in [0.15, 0.2) is 6.10 Å². The SMILES string of the molecule is O=C(N[C@@H](c1ccccc1)[C@@H](O)C(=O)N[C@H](Cc1ccccc1[N+](=O)[O-])C(=O)O)c1ccccc1. The first-order valence-electron chi connectivity index (χ1n) is 10.6. The first-order valence-corrected chi connectivity index (χ1v) is 10.6. The number of carbonyl (C=O) groups is 3. The Balaban J connectivity index is 1.82. The van der Waals surface area contributed by atoms with Gasteiger partial charge in [-0.2, -0.15) is 0 Å². The molecule has 180 valence electrons. The molecule has 3 aromatic rings. The summed E-state index contributed by atoms with van der Waals surface area (Å²) in [6.07, 6.45) is -2.23. The van der Waals surface area contributed by atoms with Crippen LogP contribution in [0.2, 0.25) is 0 Å². The van der Waals surface area contributed by atoms with Crippen molar-refractivity contribution in [1.82, 2.24) is 10.6 Å². The lowest BCUT2D eigenvalue weighted by atomic mass is 9.99. The molecule has 0 saturated carbocycles. The quantitative estimate of drug-likeness (QED) is 0.257. The number of aliphatic carboxylic acids is 1. The average Bonchev–Trinajstić information content (AvgIpc) is 2.87. The second-order valence-corrected chi connectivity index (χ2v) is 7.66. The van der Waals surface area contributed by atoms with Crippen molar-refractivity contribution < 1.29 is 29.5 Å². The van der Waals surface area contributed by atoms with Gasteiger partial charge in [-0.25, -0.2) is 4.79 Å². The second kappa shape index (κ2) is 11.5. The number of nitro benzene ring substituents is 1. The molecule has 0 radical (unpaired) electrons. The highest BCUT2D eigenvalue weighted by Crippen LogP contribution is 2.21. The molecule has 35 heavy (non-hydrogen) atoms. The molecule has 3 rings (SSSR count). The third-order valence-corrected chi connectivity index (χ3v) is 5.29. The van der Waals surface area contributed by atoms with Crippen LogP contribution in [-0.2, 0) is 16.0 Å². The number of benzene rings is 3. The molecule has 3 aromatic carbocycles. The third-order valence-electron chi connectivity index (χ3n) is 5.29. The molecule has 0 aromatic heterocycles. The van der Waals surface area contributed by atoms with Crippen LogP contribution in [0, 0.1) is 10.1 Å². The monoisotopic (exact) mass is 477 g/mol. The van der Waals surface area contributed by atoms with Crippen molar-refractivity contribution in [3.05, 3.63) is 112 Å². The lowest BCUT2D eigenvalue weighted by molar-refractivity contribution is -0.385. The van der Waals surface area contributed by atoms with Gasteiger partial charge in [-0.05, 0) is 17.7 Å². The predicted molar refractivity (Wildman–Crippen MR) is 125 cm³/mol. The van der Waals surface area contributed by atoms with Crippen molar-refractivity contribution in [2.24, 2.45) is 0 Å². The Kier molecular flexibility index (Phi) is 8.25. The molecule has 2 amide bonds. The zero-order valence-electron chi connectivity index (χ0n) is 18.4. The van der Waals surface area contributed by atoms with Crippen LogP contribution < -0.4 is 10.6 Å².